The lowest BCUT2D eigenvalue weighted by Crippen LogP contribution is -2.49. The van der Waals surface area contributed by atoms with Gasteiger partial charge in [0.2, 0.25) is 10.0 Å². The number of hydrogen-bond donors (Lipinski definition) is 1. The summed E-state index contributed by atoms with van der Waals surface area (Å²) in [5.41, 5.74) is 0.737. The van der Waals surface area contributed by atoms with Gasteiger partial charge in [0.25, 0.3) is 5.91 Å². The van der Waals surface area contributed by atoms with Crippen LogP contribution in [0.15, 0.2) is 30.6 Å². The second-order valence-electron chi connectivity index (χ2n) is 6.12. The van der Waals surface area contributed by atoms with Crippen LogP contribution < -0.4 is 10.2 Å². The van der Waals surface area contributed by atoms with E-state index in [2.05, 4.69) is 20.3 Å². The summed E-state index contributed by atoms with van der Waals surface area (Å²) in [6.45, 7) is 5.13. The minimum absolute atomic E-state index is 0.0924. The van der Waals surface area contributed by atoms with E-state index in [9.17, 15) is 13.2 Å². The van der Waals surface area contributed by atoms with Crippen LogP contribution in [0.25, 0.3) is 0 Å². The number of anilines is 2. The van der Waals surface area contributed by atoms with E-state index in [1.807, 2.05) is 4.90 Å². The molecule has 1 amide bonds. The van der Waals surface area contributed by atoms with Crippen LogP contribution in [0.4, 0.5) is 11.6 Å². The molecular formula is C17H22N6O3S. The molecule has 0 spiro atoms. The molecule has 1 aliphatic rings. The maximum absolute atomic E-state index is 12.5. The smallest absolute Gasteiger partial charge is 0.277 e. The lowest BCUT2D eigenvalue weighted by Gasteiger charge is -2.34. The molecule has 2 aromatic rings. The van der Waals surface area contributed by atoms with Crippen LogP contribution in [0.1, 0.15) is 23.1 Å². The van der Waals surface area contributed by atoms with Crippen molar-refractivity contribution in [2.24, 2.45) is 0 Å². The summed E-state index contributed by atoms with van der Waals surface area (Å²) in [4.78, 5) is 27.3. The summed E-state index contributed by atoms with van der Waals surface area (Å²) in [7, 11) is -3.19. The molecule has 0 saturated carbocycles. The summed E-state index contributed by atoms with van der Waals surface area (Å²) < 4.78 is 25.4. The fourth-order valence-electron chi connectivity index (χ4n) is 2.80. The first kappa shape index (κ1) is 19.2. The molecule has 9 nitrogen and oxygen atoms in total. The third-order valence-electron chi connectivity index (χ3n) is 4.39. The van der Waals surface area contributed by atoms with Crippen LogP contribution in [-0.2, 0) is 10.0 Å². The maximum Gasteiger partial charge on any atom is 0.277 e. The second-order valence-corrected chi connectivity index (χ2v) is 8.38. The SMILES string of the molecule is CCS(=O)(=O)N1CCN(c2cnc(C)c(C(=O)Nc3ccccn3)n2)CC1. The Morgan fingerprint density at radius 3 is 2.56 bits per heavy atom. The van der Waals surface area contributed by atoms with Crippen molar-refractivity contribution in [1.82, 2.24) is 19.3 Å². The highest BCUT2D eigenvalue weighted by Gasteiger charge is 2.26. The predicted molar refractivity (Wildman–Crippen MR) is 102 cm³/mol. The molecule has 0 aromatic carbocycles. The van der Waals surface area contributed by atoms with E-state index < -0.39 is 10.0 Å². The van der Waals surface area contributed by atoms with Gasteiger partial charge in [0.05, 0.1) is 17.6 Å². The molecular weight excluding hydrogens is 368 g/mol. The first-order valence-corrected chi connectivity index (χ1v) is 10.3. The Kier molecular flexibility index (Phi) is 5.66. The minimum Gasteiger partial charge on any atom is -0.353 e. The van der Waals surface area contributed by atoms with Crippen molar-refractivity contribution in [2.45, 2.75) is 13.8 Å². The summed E-state index contributed by atoms with van der Waals surface area (Å²) in [5, 5.41) is 2.71. The highest BCUT2D eigenvalue weighted by Crippen LogP contribution is 2.17. The Balaban J connectivity index is 1.73. The lowest BCUT2D eigenvalue weighted by molar-refractivity contribution is 0.102. The van der Waals surface area contributed by atoms with Crippen LogP contribution >= 0.6 is 0 Å². The van der Waals surface area contributed by atoms with Gasteiger partial charge < -0.3 is 10.2 Å². The molecule has 27 heavy (non-hydrogen) atoms. The molecule has 10 heteroatoms. The zero-order valence-electron chi connectivity index (χ0n) is 15.3. The number of sulfonamides is 1. The molecule has 0 atom stereocenters. The molecule has 2 aromatic heterocycles. The number of hydrogen-bond acceptors (Lipinski definition) is 7. The lowest BCUT2D eigenvalue weighted by atomic mass is 10.3. The van der Waals surface area contributed by atoms with Crippen molar-refractivity contribution in [3.05, 3.63) is 42.0 Å². The number of aryl methyl sites for hydroxylation is 1. The van der Waals surface area contributed by atoms with E-state index in [0.717, 1.165) is 0 Å². The summed E-state index contributed by atoms with van der Waals surface area (Å²) >= 11 is 0. The number of pyridine rings is 1. The number of nitrogens with zero attached hydrogens (tertiary/aromatic N) is 5. The third kappa shape index (κ3) is 4.40. The van der Waals surface area contributed by atoms with Gasteiger partial charge in [0, 0.05) is 32.4 Å². The normalized spacial score (nSPS) is 15.6. The van der Waals surface area contributed by atoms with Gasteiger partial charge in [0.1, 0.15) is 11.6 Å². The van der Waals surface area contributed by atoms with E-state index in [4.69, 9.17) is 0 Å². The largest absolute Gasteiger partial charge is 0.353 e. The maximum atomic E-state index is 12.5. The Bertz CT molecular complexity index is 912. The van der Waals surface area contributed by atoms with Crippen molar-refractivity contribution in [1.29, 1.82) is 0 Å². The van der Waals surface area contributed by atoms with E-state index in [0.29, 0.717) is 43.5 Å². The Hall–Kier alpha value is -2.59. The number of aromatic nitrogens is 3. The Labute approximate surface area is 158 Å². The van der Waals surface area contributed by atoms with E-state index in [1.165, 1.54) is 4.31 Å². The zero-order chi connectivity index (χ0) is 19.4. The Morgan fingerprint density at radius 2 is 1.93 bits per heavy atom. The molecule has 1 N–H and O–H groups in total. The highest BCUT2D eigenvalue weighted by molar-refractivity contribution is 7.89. The van der Waals surface area contributed by atoms with Gasteiger partial charge in [0.15, 0.2) is 5.69 Å². The first-order chi connectivity index (χ1) is 12.9. The highest BCUT2D eigenvalue weighted by atomic mass is 32.2. The van der Waals surface area contributed by atoms with Crippen LogP contribution in [0, 0.1) is 6.92 Å². The quantitative estimate of drug-likeness (QED) is 0.808. The molecule has 0 bridgehead atoms. The summed E-state index contributed by atoms with van der Waals surface area (Å²) in [6.07, 6.45) is 3.20. The average Bonchev–Trinajstić information content (AvgIpc) is 2.69. The third-order valence-corrected chi connectivity index (χ3v) is 6.27. The van der Waals surface area contributed by atoms with Gasteiger partial charge >= 0.3 is 0 Å². The molecule has 1 aliphatic heterocycles. The summed E-state index contributed by atoms with van der Waals surface area (Å²) in [6, 6.07) is 5.24. The molecule has 144 valence electrons. The fourth-order valence-corrected chi connectivity index (χ4v) is 3.88. The molecule has 1 saturated heterocycles. The van der Waals surface area contributed by atoms with Gasteiger partial charge in [-0.3, -0.25) is 9.78 Å². The van der Waals surface area contributed by atoms with Crippen molar-refractivity contribution in [2.75, 3.05) is 42.1 Å². The summed E-state index contributed by atoms with van der Waals surface area (Å²) in [5.74, 6) is 0.704. The molecule has 3 heterocycles. The van der Waals surface area contributed by atoms with Crippen molar-refractivity contribution in [3.8, 4) is 0 Å². The molecule has 0 unspecified atom stereocenters. The van der Waals surface area contributed by atoms with Gasteiger partial charge in [-0.05, 0) is 26.0 Å². The first-order valence-electron chi connectivity index (χ1n) is 8.69. The average molecular weight is 390 g/mol. The van der Waals surface area contributed by atoms with E-state index in [-0.39, 0.29) is 17.4 Å². The zero-order valence-corrected chi connectivity index (χ0v) is 16.1. The number of amides is 1. The van der Waals surface area contributed by atoms with Crippen LogP contribution in [0.3, 0.4) is 0 Å². The molecule has 1 fully saturated rings. The van der Waals surface area contributed by atoms with Crippen LogP contribution in [0.2, 0.25) is 0 Å². The van der Waals surface area contributed by atoms with E-state index in [1.54, 1.807) is 44.4 Å². The number of carbonyl (C=O) groups is 1. The van der Waals surface area contributed by atoms with Gasteiger partial charge in [-0.2, -0.15) is 4.31 Å². The fraction of sp³-hybridized carbons (Fsp3) is 0.412. The minimum atomic E-state index is -3.19. The second kappa shape index (κ2) is 7.97. The standard InChI is InChI=1S/C17H22N6O3S/c1-3-27(25,26)23-10-8-22(9-11-23)15-12-19-13(2)16(21-15)17(24)20-14-6-4-5-7-18-14/h4-7,12H,3,8-11H2,1-2H3,(H,18,20,24). The molecule has 3 rings (SSSR count). The number of carbonyl (C=O) groups excluding carboxylic acids is 1. The van der Waals surface area contributed by atoms with Crippen LogP contribution in [0.5, 0.6) is 0 Å². The van der Waals surface area contributed by atoms with Gasteiger partial charge in [-0.1, -0.05) is 6.07 Å². The Morgan fingerprint density at radius 1 is 1.19 bits per heavy atom. The van der Waals surface area contributed by atoms with Crippen LogP contribution in [-0.4, -0.2) is 65.5 Å². The monoisotopic (exact) mass is 390 g/mol. The van der Waals surface area contributed by atoms with E-state index >= 15 is 0 Å². The van der Waals surface area contributed by atoms with Gasteiger partial charge in [-0.15, -0.1) is 0 Å². The number of nitrogens with one attached hydrogen (secondary N) is 1. The molecule has 0 aliphatic carbocycles. The van der Waals surface area contributed by atoms with Crippen molar-refractivity contribution >= 4 is 27.6 Å². The predicted octanol–water partition coefficient (Wildman–Crippen LogP) is 0.904. The topological polar surface area (TPSA) is 108 Å². The molecule has 0 radical (unpaired) electrons. The van der Waals surface area contributed by atoms with Gasteiger partial charge in [-0.25, -0.2) is 18.4 Å². The number of piperazine rings is 1. The number of rotatable bonds is 5. The van der Waals surface area contributed by atoms with Crippen molar-refractivity contribution in [3.63, 3.8) is 0 Å². The van der Waals surface area contributed by atoms with Crippen molar-refractivity contribution < 1.29 is 13.2 Å².